The van der Waals surface area contributed by atoms with Crippen molar-refractivity contribution < 1.29 is 22.7 Å². The summed E-state index contributed by atoms with van der Waals surface area (Å²) in [6, 6.07) is 3.37. The van der Waals surface area contributed by atoms with Crippen molar-refractivity contribution in [1.82, 2.24) is 0 Å². The van der Waals surface area contributed by atoms with Crippen LogP contribution in [0.25, 0.3) is 0 Å². The minimum atomic E-state index is -4.53. The molecule has 0 radical (unpaired) electrons. The van der Waals surface area contributed by atoms with Gasteiger partial charge in [0.15, 0.2) is 0 Å². The van der Waals surface area contributed by atoms with Gasteiger partial charge in [-0.25, -0.2) is 0 Å². The summed E-state index contributed by atoms with van der Waals surface area (Å²) >= 11 is 5.22. The van der Waals surface area contributed by atoms with E-state index in [0.717, 1.165) is 6.07 Å². The fourth-order valence-corrected chi connectivity index (χ4v) is 2.08. The van der Waals surface area contributed by atoms with Crippen molar-refractivity contribution in [2.45, 2.75) is 6.18 Å². The number of benzene rings is 1. The molecule has 2 rings (SSSR count). The molecule has 0 spiro atoms. The summed E-state index contributed by atoms with van der Waals surface area (Å²) in [5, 5.41) is -0.904. The Morgan fingerprint density at radius 3 is 2.42 bits per heavy atom. The third kappa shape index (κ3) is 3.19. The number of anilines is 1. The highest BCUT2D eigenvalue weighted by molar-refractivity contribution is 6.67. The van der Waals surface area contributed by atoms with Crippen LogP contribution in [0.15, 0.2) is 18.2 Å². The van der Waals surface area contributed by atoms with Crippen molar-refractivity contribution in [1.29, 1.82) is 0 Å². The minimum absolute atomic E-state index is 0.0532. The number of nitrogens with zero attached hydrogens (tertiary/aromatic N) is 1. The zero-order valence-corrected chi connectivity index (χ0v) is 10.6. The van der Waals surface area contributed by atoms with E-state index in [1.54, 1.807) is 4.90 Å². The monoisotopic (exact) mass is 293 g/mol. The lowest BCUT2D eigenvalue weighted by Crippen LogP contribution is -2.37. The highest BCUT2D eigenvalue weighted by Gasteiger charge is 2.35. The van der Waals surface area contributed by atoms with Gasteiger partial charge in [0.2, 0.25) is 0 Å². The summed E-state index contributed by atoms with van der Waals surface area (Å²) in [5.74, 6) is 0. The molecule has 0 amide bonds. The van der Waals surface area contributed by atoms with Crippen LogP contribution in [0.2, 0.25) is 0 Å². The van der Waals surface area contributed by atoms with Gasteiger partial charge >= 0.3 is 6.18 Å². The van der Waals surface area contributed by atoms with E-state index < -0.39 is 17.0 Å². The van der Waals surface area contributed by atoms with Crippen molar-refractivity contribution in [3.63, 3.8) is 0 Å². The highest BCUT2D eigenvalue weighted by Crippen LogP contribution is 2.37. The van der Waals surface area contributed by atoms with Gasteiger partial charge in [-0.2, -0.15) is 13.2 Å². The Morgan fingerprint density at radius 1 is 1.26 bits per heavy atom. The van der Waals surface area contributed by atoms with E-state index in [1.807, 2.05) is 0 Å². The van der Waals surface area contributed by atoms with Crippen LogP contribution in [-0.2, 0) is 10.9 Å². The second-order valence-corrected chi connectivity index (χ2v) is 4.45. The Labute approximate surface area is 112 Å². The van der Waals surface area contributed by atoms with Crippen molar-refractivity contribution in [2.24, 2.45) is 0 Å². The second-order valence-electron chi connectivity index (χ2n) is 4.10. The molecule has 0 atom stereocenters. The van der Waals surface area contributed by atoms with E-state index in [0.29, 0.717) is 26.3 Å². The Kier molecular flexibility index (Phi) is 4.01. The molecule has 0 N–H and O–H groups in total. The standard InChI is InChI=1S/C12H11ClF3NO2/c13-11(18)8-1-2-10(9(7-8)12(14,15)16)17-3-5-19-6-4-17/h1-2,7H,3-6H2. The van der Waals surface area contributed by atoms with Gasteiger partial charge in [0.1, 0.15) is 0 Å². The van der Waals surface area contributed by atoms with E-state index in [9.17, 15) is 18.0 Å². The SMILES string of the molecule is O=C(Cl)c1ccc(N2CCOCC2)c(C(F)(F)F)c1. The number of morpholine rings is 1. The normalized spacial score (nSPS) is 16.5. The zero-order chi connectivity index (χ0) is 14.0. The van der Waals surface area contributed by atoms with E-state index in [2.05, 4.69) is 0 Å². The predicted molar refractivity (Wildman–Crippen MR) is 64.7 cm³/mol. The third-order valence-corrected chi connectivity index (χ3v) is 3.10. The summed E-state index contributed by atoms with van der Waals surface area (Å²) in [7, 11) is 0. The first-order chi connectivity index (χ1) is 8.89. The maximum absolute atomic E-state index is 13.0. The molecular weight excluding hydrogens is 283 g/mol. The van der Waals surface area contributed by atoms with Gasteiger partial charge in [-0.15, -0.1) is 0 Å². The predicted octanol–water partition coefficient (Wildman–Crippen LogP) is 2.92. The first-order valence-corrected chi connectivity index (χ1v) is 6.01. The summed E-state index contributed by atoms with van der Waals surface area (Å²) in [5.41, 5.74) is -0.954. The molecule has 1 saturated heterocycles. The van der Waals surface area contributed by atoms with Crippen LogP contribution in [0, 0.1) is 0 Å². The highest BCUT2D eigenvalue weighted by atomic mass is 35.5. The van der Waals surface area contributed by atoms with E-state index in [1.165, 1.54) is 12.1 Å². The third-order valence-electron chi connectivity index (χ3n) is 2.88. The fraction of sp³-hybridized carbons (Fsp3) is 0.417. The van der Waals surface area contributed by atoms with Crippen LogP contribution >= 0.6 is 11.6 Å². The van der Waals surface area contributed by atoms with Gasteiger partial charge in [-0.3, -0.25) is 4.79 Å². The molecule has 1 fully saturated rings. The van der Waals surface area contributed by atoms with Gasteiger partial charge in [-0.05, 0) is 29.8 Å². The molecule has 19 heavy (non-hydrogen) atoms. The van der Waals surface area contributed by atoms with Crippen LogP contribution in [0.3, 0.4) is 0 Å². The van der Waals surface area contributed by atoms with Crippen LogP contribution in [0.5, 0.6) is 0 Å². The zero-order valence-electron chi connectivity index (χ0n) is 9.84. The Morgan fingerprint density at radius 2 is 1.89 bits per heavy atom. The molecule has 1 aromatic rings. The molecule has 0 aliphatic carbocycles. The van der Waals surface area contributed by atoms with Gasteiger partial charge in [0.05, 0.1) is 18.8 Å². The number of hydrogen-bond donors (Lipinski definition) is 0. The van der Waals surface area contributed by atoms with Gasteiger partial charge in [0, 0.05) is 24.3 Å². The lowest BCUT2D eigenvalue weighted by Gasteiger charge is -2.31. The minimum Gasteiger partial charge on any atom is -0.378 e. The number of alkyl halides is 3. The number of carbonyl (C=O) groups excluding carboxylic acids is 1. The van der Waals surface area contributed by atoms with Crippen LogP contribution in [0.4, 0.5) is 18.9 Å². The Balaban J connectivity index is 2.44. The van der Waals surface area contributed by atoms with Crippen molar-refractivity contribution in [2.75, 3.05) is 31.2 Å². The molecule has 3 nitrogen and oxygen atoms in total. The van der Waals surface area contributed by atoms with Gasteiger partial charge in [0.25, 0.3) is 5.24 Å². The summed E-state index contributed by atoms with van der Waals surface area (Å²) in [4.78, 5) is 12.6. The van der Waals surface area contributed by atoms with Crippen molar-refractivity contribution in [3.8, 4) is 0 Å². The van der Waals surface area contributed by atoms with Gasteiger partial charge < -0.3 is 9.64 Å². The lowest BCUT2D eigenvalue weighted by atomic mass is 10.1. The fourth-order valence-electron chi connectivity index (χ4n) is 1.97. The lowest BCUT2D eigenvalue weighted by molar-refractivity contribution is -0.137. The number of carbonyl (C=O) groups is 1. The summed E-state index contributed by atoms with van der Waals surface area (Å²) in [6.07, 6.45) is -4.53. The quantitative estimate of drug-likeness (QED) is 0.785. The molecule has 1 aliphatic heterocycles. The van der Waals surface area contributed by atoms with E-state index in [4.69, 9.17) is 16.3 Å². The molecule has 0 bridgehead atoms. The molecule has 1 aromatic carbocycles. The topological polar surface area (TPSA) is 29.5 Å². The number of halogens is 4. The molecular formula is C12H11ClF3NO2. The van der Waals surface area contributed by atoms with Crippen LogP contribution < -0.4 is 4.90 Å². The molecule has 104 valence electrons. The van der Waals surface area contributed by atoms with E-state index >= 15 is 0 Å². The Hall–Kier alpha value is -1.27. The maximum atomic E-state index is 13.0. The number of hydrogen-bond acceptors (Lipinski definition) is 3. The summed E-state index contributed by atoms with van der Waals surface area (Å²) in [6.45, 7) is 1.54. The molecule has 0 saturated carbocycles. The molecule has 1 aliphatic rings. The Bertz CT molecular complexity index is 484. The smallest absolute Gasteiger partial charge is 0.378 e. The average molecular weight is 294 g/mol. The molecule has 0 aromatic heterocycles. The molecule has 1 heterocycles. The van der Waals surface area contributed by atoms with Crippen LogP contribution in [-0.4, -0.2) is 31.5 Å². The summed E-state index contributed by atoms with van der Waals surface area (Å²) < 4.78 is 44.2. The van der Waals surface area contributed by atoms with E-state index in [-0.39, 0.29) is 11.3 Å². The molecule has 7 heteroatoms. The maximum Gasteiger partial charge on any atom is 0.418 e. The van der Waals surface area contributed by atoms with Gasteiger partial charge in [-0.1, -0.05) is 0 Å². The largest absolute Gasteiger partial charge is 0.418 e. The number of ether oxygens (including phenoxy) is 1. The average Bonchev–Trinajstić information content (AvgIpc) is 2.38. The first kappa shape index (κ1) is 14.1. The van der Waals surface area contributed by atoms with Crippen molar-refractivity contribution >= 4 is 22.5 Å². The molecule has 0 unspecified atom stereocenters. The van der Waals surface area contributed by atoms with Crippen LogP contribution in [0.1, 0.15) is 15.9 Å². The second kappa shape index (κ2) is 5.38. The number of rotatable bonds is 2. The first-order valence-electron chi connectivity index (χ1n) is 5.63. The van der Waals surface area contributed by atoms with Crippen molar-refractivity contribution in [3.05, 3.63) is 29.3 Å².